The zero-order valence-electron chi connectivity index (χ0n) is 15.8. The third kappa shape index (κ3) is 4.38. The SMILES string of the molecule is O=C(c1ccc(CSc2ncn[nH]2)cc1)N1CCN(C(=O)C2CCCC2)CC1. The third-order valence-corrected chi connectivity index (χ3v) is 6.50. The highest BCUT2D eigenvalue weighted by Gasteiger charge is 2.30. The minimum absolute atomic E-state index is 0.0439. The largest absolute Gasteiger partial charge is 0.339 e. The van der Waals surface area contributed by atoms with Gasteiger partial charge in [-0.2, -0.15) is 5.10 Å². The first-order chi connectivity index (χ1) is 13.7. The molecule has 148 valence electrons. The Kier molecular flexibility index (Phi) is 5.95. The van der Waals surface area contributed by atoms with Crippen molar-refractivity contribution in [3.05, 3.63) is 41.7 Å². The van der Waals surface area contributed by atoms with Crippen LogP contribution in [-0.4, -0.2) is 63.0 Å². The minimum Gasteiger partial charge on any atom is -0.339 e. The number of carbonyl (C=O) groups is 2. The predicted molar refractivity (Wildman–Crippen MR) is 107 cm³/mol. The molecule has 1 aliphatic carbocycles. The fourth-order valence-electron chi connectivity index (χ4n) is 3.90. The summed E-state index contributed by atoms with van der Waals surface area (Å²) in [6.07, 6.45) is 5.88. The fraction of sp³-hybridized carbons (Fsp3) is 0.500. The van der Waals surface area contributed by atoms with Crippen LogP contribution in [0.4, 0.5) is 0 Å². The van der Waals surface area contributed by atoms with Crippen LogP contribution in [0, 0.1) is 5.92 Å². The maximum absolute atomic E-state index is 12.8. The molecule has 2 fully saturated rings. The Hall–Kier alpha value is -2.35. The van der Waals surface area contributed by atoms with Crippen molar-refractivity contribution in [2.75, 3.05) is 26.2 Å². The molecule has 28 heavy (non-hydrogen) atoms. The molecule has 2 aliphatic rings. The topological polar surface area (TPSA) is 82.2 Å². The van der Waals surface area contributed by atoms with Crippen molar-refractivity contribution >= 4 is 23.6 Å². The Morgan fingerprint density at radius 1 is 1.04 bits per heavy atom. The van der Waals surface area contributed by atoms with Crippen LogP contribution in [0.2, 0.25) is 0 Å². The summed E-state index contributed by atoms with van der Waals surface area (Å²) in [6.45, 7) is 2.51. The zero-order chi connectivity index (χ0) is 19.3. The van der Waals surface area contributed by atoms with E-state index in [9.17, 15) is 9.59 Å². The predicted octanol–water partition coefficient (Wildman–Crippen LogP) is 2.57. The van der Waals surface area contributed by atoms with Gasteiger partial charge in [-0.05, 0) is 30.5 Å². The highest BCUT2D eigenvalue weighted by atomic mass is 32.2. The molecule has 4 rings (SSSR count). The lowest BCUT2D eigenvalue weighted by Gasteiger charge is -2.36. The van der Waals surface area contributed by atoms with Gasteiger partial charge in [0, 0.05) is 43.4 Å². The van der Waals surface area contributed by atoms with Crippen LogP contribution in [0.1, 0.15) is 41.6 Å². The highest BCUT2D eigenvalue weighted by Crippen LogP contribution is 2.27. The third-order valence-electron chi connectivity index (χ3n) is 5.55. The monoisotopic (exact) mass is 399 g/mol. The van der Waals surface area contributed by atoms with Gasteiger partial charge in [0.15, 0.2) is 5.16 Å². The van der Waals surface area contributed by atoms with E-state index < -0.39 is 0 Å². The second-order valence-corrected chi connectivity index (χ2v) is 8.34. The molecule has 1 N–H and O–H groups in total. The maximum Gasteiger partial charge on any atom is 0.253 e. The molecular formula is C20H25N5O2S. The number of H-pyrrole nitrogens is 1. The van der Waals surface area contributed by atoms with E-state index in [2.05, 4.69) is 15.2 Å². The number of amides is 2. The Morgan fingerprint density at radius 3 is 2.36 bits per heavy atom. The number of nitrogens with one attached hydrogen (secondary N) is 1. The number of nitrogens with zero attached hydrogens (tertiary/aromatic N) is 4. The normalized spacial score (nSPS) is 17.9. The molecule has 2 amide bonds. The lowest BCUT2D eigenvalue weighted by Crippen LogP contribution is -2.51. The summed E-state index contributed by atoms with van der Waals surface area (Å²) in [5, 5.41) is 7.44. The first-order valence-corrected chi connectivity index (χ1v) is 10.8. The molecule has 7 nitrogen and oxygen atoms in total. The Morgan fingerprint density at radius 2 is 1.71 bits per heavy atom. The average molecular weight is 400 g/mol. The van der Waals surface area contributed by atoms with Gasteiger partial charge in [-0.25, -0.2) is 4.98 Å². The summed E-state index contributed by atoms with van der Waals surface area (Å²) in [7, 11) is 0. The Balaban J connectivity index is 1.28. The van der Waals surface area contributed by atoms with Gasteiger partial charge in [0.1, 0.15) is 6.33 Å². The van der Waals surface area contributed by atoms with E-state index in [1.807, 2.05) is 34.1 Å². The van der Waals surface area contributed by atoms with Crippen LogP contribution in [0.25, 0.3) is 0 Å². The van der Waals surface area contributed by atoms with Gasteiger partial charge < -0.3 is 9.80 Å². The first-order valence-electron chi connectivity index (χ1n) is 9.86. The molecule has 1 saturated heterocycles. The minimum atomic E-state index is 0.0439. The summed E-state index contributed by atoms with van der Waals surface area (Å²) >= 11 is 1.57. The van der Waals surface area contributed by atoms with Crippen molar-refractivity contribution in [3.8, 4) is 0 Å². The molecule has 0 bridgehead atoms. The van der Waals surface area contributed by atoms with Gasteiger partial charge in [-0.1, -0.05) is 36.7 Å². The molecule has 1 aromatic heterocycles. The van der Waals surface area contributed by atoms with Gasteiger partial charge in [-0.3, -0.25) is 14.7 Å². The van der Waals surface area contributed by atoms with E-state index in [-0.39, 0.29) is 11.8 Å². The van der Waals surface area contributed by atoms with E-state index in [0.717, 1.165) is 29.3 Å². The van der Waals surface area contributed by atoms with Crippen LogP contribution in [-0.2, 0) is 10.5 Å². The molecule has 1 saturated carbocycles. The number of thioether (sulfide) groups is 1. The summed E-state index contributed by atoms with van der Waals surface area (Å²) in [6, 6.07) is 7.73. The van der Waals surface area contributed by atoms with E-state index >= 15 is 0 Å². The van der Waals surface area contributed by atoms with E-state index in [4.69, 9.17) is 0 Å². The van der Waals surface area contributed by atoms with Crippen LogP contribution in [0.3, 0.4) is 0 Å². The second kappa shape index (κ2) is 8.77. The van der Waals surface area contributed by atoms with Gasteiger partial charge in [-0.15, -0.1) is 0 Å². The average Bonchev–Trinajstić information content (AvgIpc) is 3.46. The zero-order valence-corrected chi connectivity index (χ0v) is 16.7. The van der Waals surface area contributed by atoms with Crippen molar-refractivity contribution in [1.29, 1.82) is 0 Å². The van der Waals surface area contributed by atoms with Gasteiger partial charge >= 0.3 is 0 Å². The Labute approximate surface area is 168 Å². The molecule has 2 aromatic rings. The number of benzene rings is 1. The molecular weight excluding hydrogens is 374 g/mol. The van der Waals surface area contributed by atoms with Crippen LogP contribution in [0.15, 0.2) is 35.7 Å². The van der Waals surface area contributed by atoms with Gasteiger partial charge in [0.2, 0.25) is 5.91 Å². The standard InChI is InChI=1S/C20H25N5O2S/c26-18(16-3-1-2-4-16)24-9-11-25(12-10-24)19(27)17-7-5-15(6-8-17)13-28-20-21-14-22-23-20/h5-8,14,16H,1-4,9-13H2,(H,21,22,23). The van der Waals surface area contributed by atoms with Crippen LogP contribution < -0.4 is 0 Å². The second-order valence-electron chi connectivity index (χ2n) is 7.38. The molecule has 0 radical (unpaired) electrons. The molecule has 1 aromatic carbocycles. The quantitative estimate of drug-likeness (QED) is 0.782. The van der Waals surface area contributed by atoms with Crippen LogP contribution in [0.5, 0.6) is 0 Å². The number of aromatic nitrogens is 3. The maximum atomic E-state index is 12.8. The van der Waals surface area contributed by atoms with Crippen molar-refractivity contribution in [2.24, 2.45) is 5.92 Å². The number of hydrogen-bond acceptors (Lipinski definition) is 5. The van der Waals surface area contributed by atoms with Crippen molar-refractivity contribution < 1.29 is 9.59 Å². The molecule has 8 heteroatoms. The van der Waals surface area contributed by atoms with E-state index in [0.29, 0.717) is 37.6 Å². The molecule has 0 unspecified atom stereocenters. The van der Waals surface area contributed by atoms with Crippen LogP contribution >= 0.6 is 11.8 Å². The van der Waals surface area contributed by atoms with E-state index in [1.54, 1.807) is 11.8 Å². The molecule has 2 heterocycles. The molecule has 0 spiro atoms. The van der Waals surface area contributed by atoms with E-state index in [1.165, 1.54) is 19.2 Å². The smallest absolute Gasteiger partial charge is 0.253 e. The Bertz CT molecular complexity index is 795. The van der Waals surface area contributed by atoms with Crippen molar-refractivity contribution in [1.82, 2.24) is 25.0 Å². The fourth-order valence-corrected chi connectivity index (χ4v) is 4.64. The lowest BCUT2D eigenvalue weighted by atomic mass is 10.1. The number of rotatable bonds is 5. The summed E-state index contributed by atoms with van der Waals surface area (Å²) < 4.78 is 0. The number of carbonyl (C=O) groups excluding carboxylic acids is 2. The van der Waals surface area contributed by atoms with Crippen molar-refractivity contribution in [3.63, 3.8) is 0 Å². The lowest BCUT2D eigenvalue weighted by molar-refractivity contribution is -0.136. The number of aromatic amines is 1. The van der Waals surface area contributed by atoms with Gasteiger partial charge in [0.25, 0.3) is 5.91 Å². The van der Waals surface area contributed by atoms with Gasteiger partial charge in [0.05, 0.1) is 0 Å². The molecule has 1 aliphatic heterocycles. The van der Waals surface area contributed by atoms with Crippen molar-refractivity contribution in [2.45, 2.75) is 36.6 Å². The highest BCUT2D eigenvalue weighted by molar-refractivity contribution is 7.98. The summed E-state index contributed by atoms with van der Waals surface area (Å²) in [5.74, 6) is 1.32. The number of piperazine rings is 1. The molecule has 0 atom stereocenters. The summed E-state index contributed by atoms with van der Waals surface area (Å²) in [5.41, 5.74) is 1.83. The number of hydrogen-bond donors (Lipinski definition) is 1. The first kappa shape index (κ1) is 19.0. The summed E-state index contributed by atoms with van der Waals surface area (Å²) in [4.78, 5) is 33.2.